The lowest BCUT2D eigenvalue weighted by molar-refractivity contribution is 0.0979. The van der Waals surface area contributed by atoms with Crippen LogP contribution in [-0.4, -0.2) is 20.1 Å². The van der Waals surface area contributed by atoms with Crippen molar-refractivity contribution in [1.29, 1.82) is 0 Å². The highest BCUT2D eigenvalue weighted by Crippen LogP contribution is 2.16. The fourth-order valence-corrected chi connectivity index (χ4v) is 2.94. The second-order valence-electron chi connectivity index (χ2n) is 4.50. The number of hydrogen-bond donors (Lipinski definition) is 1. The standard InChI is InChI=1S/C15H12ClNO4S/c1-10(18)11-6-8-12(9-7-11)22(20,21)17-15(19)13-4-2-3-5-14(13)16/h2-9H,1H3,(H,17,19). The van der Waals surface area contributed by atoms with Gasteiger partial charge in [0.25, 0.3) is 15.9 Å². The molecule has 2 rings (SSSR count). The molecule has 1 amide bonds. The first-order chi connectivity index (χ1) is 10.3. The molecule has 0 fully saturated rings. The molecule has 114 valence electrons. The smallest absolute Gasteiger partial charge is 0.266 e. The van der Waals surface area contributed by atoms with E-state index in [1.807, 2.05) is 4.72 Å². The van der Waals surface area contributed by atoms with Crippen molar-refractivity contribution in [2.45, 2.75) is 11.8 Å². The van der Waals surface area contributed by atoms with Crippen LogP contribution in [0.1, 0.15) is 27.6 Å². The summed E-state index contributed by atoms with van der Waals surface area (Å²) in [4.78, 5) is 23.1. The summed E-state index contributed by atoms with van der Waals surface area (Å²) in [6.45, 7) is 1.38. The van der Waals surface area contributed by atoms with E-state index in [0.717, 1.165) is 0 Å². The SMILES string of the molecule is CC(=O)c1ccc(S(=O)(=O)NC(=O)c2ccccc2Cl)cc1. The molecule has 0 aromatic heterocycles. The number of carbonyl (C=O) groups excluding carboxylic acids is 2. The summed E-state index contributed by atoms with van der Waals surface area (Å²) in [5, 5.41) is 0.155. The highest BCUT2D eigenvalue weighted by atomic mass is 35.5. The van der Waals surface area contributed by atoms with Gasteiger partial charge in [0.15, 0.2) is 5.78 Å². The third-order valence-electron chi connectivity index (χ3n) is 2.92. The summed E-state index contributed by atoms with van der Waals surface area (Å²) in [6, 6.07) is 11.4. The van der Waals surface area contributed by atoms with Gasteiger partial charge in [0.2, 0.25) is 0 Å². The first kappa shape index (κ1) is 16.2. The number of amides is 1. The molecule has 2 aromatic rings. The van der Waals surface area contributed by atoms with Gasteiger partial charge in [-0.05, 0) is 31.2 Å². The van der Waals surface area contributed by atoms with Crippen LogP contribution in [0.25, 0.3) is 0 Å². The van der Waals surface area contributed by atoms with E-state index in [9.17, 15) is 18.0 Å². The molecule has 0 saturated carbocycles. The molecule has 0 heterocycles. The Morgan fingerprint density at radius 2 is 1.59 bits per heavy atom. The maximum Gasteiger partial charge on any atom is 0.266 e. The Morgan fingerprint density at radius 3 is 2.14 bits per heavy atom. The molecular weight excluding hydrogens is 326 g/mol. The molecule has 0 spiro atoms. The summed E-state index contributed by atoms with van der Waals surface area (Å²) in [7, 11) is -4.04. The first-order valence-electron chi connectivity index (χ1n) is 6.24. The molecule has 0 atom stereocenters. The Bertz CT molecular complexity index is 829. The van der Waals surface area contributed by atoms with Gasteiger partial charge < -0.3 is 0 Å². The van der Waals surface area contributed by atoms with E-state index in [1.54, 1.807) is 12.1 Å². The van der Waals surface area contributed by atoms with E-state index >= 15 is 0 Å². The van der Waals surface area contributed by atoms with Crippen molar-refractivity contribution in [2.24, 2.45) is 0 Å². The first-order valence-corrected chi connectivity index (χ1v) is 8.10. The number of Topliss-reactive ketones (excluding diaryl/α,β-unsaturated/α-hetero) is 1. The monoisotopic (exact) mass is 337 g/mol. The predicted molar refractivity (Wildman–Crippen MR) is 82.6 cm³/mol. The van der Waals surface area contributed by atoms with Gasteiger partial charge in [-0.25, -0.2) is 13.1 Å². The molecule has 2 aromatic carbocycles. The van der Waals surface area contributed by atoms with Crippen LogP contribution in [0.15, 0.2) is 53.4 Å². The Labute approximate surface area is 133 Å². The van der Waals surface area contributed by atoms with Crippen molar-refractivity contribution in [3.8, 4) is 0 Å². The van der Waals surface area contributed by atoms with Gasteiger partial charge in [-0.3, -0.25) is 9.59 Å². The summed E-state index contributed by atoms with van der Waals surface area (Å²) in [5.41, 5.74) is 0.449. The lowest BCUT2D eigenvalue weighted by atomic mass is 10.2. The molecule has 1 N–H and O–H groups in total. The third kappa shape index (κ3) is 3.52. The maximum absolute atomic E-state index is 12.1. The van der Waals surface area contributed by atoms with Gasteiger partial charge in [-0.1, -0.05) is 35.9 Å². The lowest BCUT2D eigenvalue weighted by Crippen LogP contribution is -2.30. The van der Waals surface area contributed by atoms with E-state index in [2.05, 4.69) is 0 Å². The molecule has 5 nitrogen and oxygen atoms in total. The summed E-state index contributed by atoms with van der Waals surface area (Å²) in [6.07, 6.45) is 0. The molecule has 0 bridgehead atoms. The minimum atomic E-state index is -4.04. The number of hydrogen-bond acceptors (Lipinski definition) is 4. The molecule has 0 radical (unpaired) electrons. The minimum Gasteiger partial charge on any atom is -0.295 e. The average Bonchev–Trinajstić information content (AvgIpc) is 2.47. The summed E-state index contributed by atoms with van der Waals surface area (Å²) < 4.78 is 26.2. The van der Waals surface area contributed by atoms with Gasteiger partial charge in [0.05, 0.1) is 15.5 Å². The number of rotatable bonds is 4. The molecule has 0 unspecified atom stereocenters. The minimum absolute atomic E-state index is 0.0631. The highest BCUT2D eigenvalue weighted by molar-refractivity contribution is 7.90. The second kappa shape index (κ2) is 6.29. The van der Waals surface area contributed by atoms with E-state index < -0.39 is 15.9 Å². The van der Waals surface area contributed by atoms with E-state index in [4.69, 9.17) is 11.6 Å². The molecule has 0 saturated heterocycles. The zero-order chi connectivity index (χ0) is 16.3. The van der Waals surface area contributed by atoms with Crippen LogP contribution in [0.5, 0.6) is 0 Å². The zero-order valence-corrected chi connectivity index (χ0v) is 13.1. The van der Waals surface area contributed by atoms with Crippen molar-refractivity contribution >= 4 is 33.3 Å². The summed E-state index contributed by atoms with van der Waals surface area (Å²) >= 11 is 5.86. The number of halogens is 1. The fraction of sp³-hybridized carbons (Fsp3) is 0.0667. The molecule has 22 heavy (non-hydrogen) atoms. The summed E-state index contributed by atoms with van der Waals surface area (Å²) in [5.74, 6) is -0.995. The van der Waals surface area contributed by atoms with Crippen LogP contribution >= 0.6 is 11.6 Å². The van der Waals surface area contributed by atoms with Gasteiger partial charge in [-0.2, -0.15) is 0 Å². The number of sulfonamides is 1. The van der Waals surface area contributed by atoms with Crippen molar-refractivity contribution in [2.75, 3.05) is 0 Å². The van der Waals surface area contributed by atoms with Crippen LogP contribution < -0.4 is 4.72 Å². The van der Waals surface area contributed by atoms with Gasteiger partial charge in [-0.15, -0.1) is 0 Å². The highest BCUT2D eigenvalue weighted by Gasteiger charge is 2.20. The second-order valence-corrected chi connectivity index (χ2v) is 6.58. The molecule has 0 aliphatic rings. The van der Waals surface area contributed by atoms with Crippen LogP contribution in [-0.2, 0) is 10.0 Å². The van der Waals surface area contributed by atoms with Crippen molar-refractivity contribution < 1.29 is 18.0 Å². The van der Waals surface area contributed by atoms with Crippen molar-refractivity contribution in [3.05, 3.63) is 64.7 Å². The molecular formula is C15H12ClNO4S. The molecule has 7 heteroatoms. The average molecular weight is 338 g/mol. The van der Waals surface area contributed by atoms with Gasteiger partial charge >= 0.3 is 0 Å². The van der Waals surface area contributed by atoms with Crippen LogP contribution in [0, 0.1) is 0 Å². The number of carbonyl (C=O) groups is 2. The van der Waals surface area contributed by atoms with Gasteiger partial charge in [0, 0.05) is 5.56 Å². The topological polar surface area (TPSA) is 80.3 Å². The van der Waals surface area contributed by atoms with Crippen LogP contribution in [0.3, 0.4) is 0 Å². The van der Waals surface area contributed by atoms with Crippen LogP contribution in [0.2, 0.25) is 5.02 Å². The Hall–Kier alpha value is -2.18. The van der Waals surface area contributed by atoms with E-state index in [0.29, 0.717) is 5.56 Å². The normalized spacial score (nSPS) is 11.0. The number of ketones is 1. The Balaban J connectivity index is 2.26. The quantitative estimate of drug-likeness (QED) is 0.870. The van der Waals surface area contributed by atoms with E-state index in [1.165, 1.54) is 43.3 Å². The van der Waals surface area contributed by atoms with E-state index in [-0.39, 0.29) is 21.3 Å². The van der Waals surface area contributed by atoms with Gasteiger partial charge in [0.1, 0.15) is 0 Å². The lowest BCUT2D eigenvalue weighted by Gasteiger charge is -2.08. The maximum atomic E-state index is 12.1. The van der Waals surface area contributed by atoms with Crippen molar-refractivity contribution in [3.63, 3.8) is 0 Å². The Morgan fingerprint density at radius 1 is 1.00 bits per heavy atom. The number of nitrogens with one attached hydrogen (secondary N) is 1. The predicted octanol–water partition coefficient (Wildman–Crippen LogP) is 2.66. The third-order valence-corrected chi connectivity index (χ3v) is 4.59. The largest absolute Gasteiger partial charge is 0.295 e. The fourth-order valence-electron chi connectivity index (χ4n) is 1.75. The molecule has 0 aliphatic carbocycles. The zero-order valence-electron chi connectivity index (χ0n) is 11.5. The Kier molecular flexibility index (Phi) is 4.63. The van der Waals surface area contributed by atoms with Crippen molar-refractivity contribution in [1.82, 2.24) is 4.72 Å². The van der Waals surface area contributed by atoms with Crippen LogP contribution in [0.4, 0.5) is 0 Å². The molecule has 0 aliphatic heterocycles. The number of benzene rings is 2.